The van der Waals surface area contributed by atoms with Gasteiger partial charge in [-0.1, -0.05) is 89.9 Å². The molecule has 0 radical (unpaired) electrons. The molecule has 132 valence electrons. The van der Waals surface area contributed by atoms with Gasteiger partial charge in [-0.25, -0.2) is 0 Å². The number of hydrogen-bond donors (Lipinski definition) is 1. The van der Waals surface area contributed by atoms with E-state index in [1.165, 1.54) is 0 Å². The molecule has 3 rings (SSSR count). The van der Waals surface area contributed by atoms with Gasteiger partial charge in [0, 0.05) is 6.42 Å². The smallest absolute Gasteiger partial charge is 0.221 e. The summed E-state index contributed by atoms with van der Waals surface area (Å²) in [5.74, 6) is -0.00576. The van der Waals surface area contributed by atoms with Gasteiger partial charge in [-0.05, 0) is 35.2 Å². The molecule has 2 nitrogen and oxygen atoms in total. The van der Waals surface area contributed by atoms with Gasteiger partial charge >= 0.3 is 0 Å². The van der Waals surface area contributed by atoms with Crippen molar-refractivity contribution < 1.29 is 4.79 Å². The Kier molecular flexibility index (Phi) is 6.32. The van der Waals surface area contributed by atoms with Crippen LogP contribution in [-0.4, -0.2) is 5.91 Å². The monoisotopic (exact) mass is 383 g/mol. The van der Waals surface area contributed by atoms with E-state index in [4.69, 9.17) is 23.2 Å². The Morgan fingerprint density at radius 2 is 1.38 bits per heavy atom. The number of amides is 1. The maximum Gasteiger partial charge on any atom is 0.221 e. The first-order chi connectivity index (χ1) is 12.6. The second-order valence-corrected chi connectivity index (χ2v) is 6.88. The molecule has 3 aromatic rings. The van der Waals surface area contributed by atoms with Gasteiger partial charge in [-0.2, -0.15) is 0 Å². The third-order valence-electron chi connectivity index (χ3n) is 4.20. The van der Waals surface area contributed by atoms with E-state index < -0.39 is 0 Å². The van der Waals surface area contributed by atoms with E-state index in [0.717, 1.165) is 16.7 Å². The molecule has 0 spiro atoms. The summed E-state index contributed by atoms with van der Waals surface area (Å²) in [6.07, 6.45) is 0.993. The van der Waals surface area contributed by atoms with Crippen LogP contribution in [0.3, 0.4) is 0 Å². The molecule has 1 amide bonds. The first kappa shape index (κ1) is 18.5. The number of carbonyl (C=O) groups is 1. The van der Waals surface area contributed by atoms with Crippen molar-refractivity contribution in [2.45, 2.75) is 18.9 Å². The predicted octanol–water partition coefficient (Wildman–Crippen LogP) is 5.83. The van der Waals surface area contributed by atoms with Gasteiger partial charge < -0.3 is 5.32 Å². The third kappa shape index (κ3) is 4.87. The molecule has 0 bridgehead atoms. The molecule has 0 aromatic heterocycles. The molecule has 26 heavy (non-hydrogen) atoms. The zero-order valence-corrected chi connectivity index (χ0v) is 15.7. The first-order valence-corrected chi connectivity index (χ1v) is 9.22. The maximum absolute atomic E-state index is 12.6. The Labute approximate surface area is 163 Å². The number of hydrogen-bond acceptors (Lipinski definition) is 1. The van der Waals surface area contributed by atoms with Crippen LogP contribution in [-0.2, 0) is 11.2 Å². The first-order valence-electron chi connectivity index (χ1n) is 8.46. The van der Waals surface area contributed by atoms with Crippen LogP contribution in [0.1, 0.15) is 29.2 Å². The summed E-state index contributed by atoms with van der Waals surface area (Å²) in [7, 11) is 0. The topological polar surface area (TPSA) is 29.1 Å². The van der Waals surface area contributed by atoms with E-state index in [0.29, 0.717) is 22.9 Å². The van der Waals surface area contributed by atoms with Crippen molar-refractivity contribution >= 4 is 29.1 Å². The van der Waals surface area contributed by atoms with Crippen molar-refractivity contribution in [2.75, 3.05) is 0 Å². The standard InChI is InChI=1S/C22H19Cl2NO/c23-19-13-11-16(15-20(19)24)12-14-21(26)25-22(17-7-3-1-4-8-17)18-9-5-2-6-10-18/h1-11,13,15,22H,12,14H2,(H,25,26). The molecule has 0 aliphatic heterocycles. The zero-order chi connectivity index (χ0) is 18.4. The van der Waals surface area contributed by atoms with Gasteiger partial charge in [0.2, 0.25) is 5.91 Å². The summed E-state index contributed by atoms with van der Waals surface area (Å²) >= 11 is 12.0. The number of rotatable bonds is 6. The predicted molar refractivity (Wildman–Crippen MR) is 108 cm³/mol. The lowest BCUT2D eigenvalue weighted by molar-refractivity contribution is -0.121. The molecule has 3 aromatic carbocycles. The van der Waals surface area contributed by atoms with Crippen LogP contribution < -0.4 is 5.32 Å². The number of aryl methyl sites for hydroxylation is 1. The minimum atomic E-state index is -0.168. The Bertz CT molecular complexity index is 826. The molecule has 0 saturated carbocycles. The summed E-state index contributed by atoms with van der Waals surface area (Å²) < 4.78 is 0. The molecule has 0 atom stereocenters. The van der Waals surface area contributed by atoms with Gasteiger partial charge in [-0.15, -0.1) is 0 Å². The van der Waals surface area contributed by atoms with Crippen LogP contribution in [0.4, 0.5) is 0 Å². The normalized spacial score (nSPS) is 10.7. The van der Waals surface area contributed by atoms with Crippen molar-refractivity contribution in [3.8, 4) is 0 Å². The van der Waals surface area contributed by atoms with E-state index in [1.807, 2.05) is 72.8 Å². The minimum absolute atomic E-state index is 0.00576. The van der Waals surface area contributed by atoms with Crippen LogP contribution in [0.2, 0.25) is 10.0 Å². The lowest BCUT2D eigenvalue weighted by Crippen LogP contribution is -2.29. The molecule has 0 saturated heterocycles. The third-order valence-corrected chi connectivity index (χ3v) is 4.93. The van der Waals surface area contributed by atoms with E-state index in [2.05, 4.69) is 5.32 Å². The molecular weight excluding hydrogens is 365 g/mol. The fourth-order valence-electron chi connectivity index (χ4n) is 2.84. The number of nitrogens with one attached hydrogen (secondary N) is 1. The number of halogens is 2. The van der Waals surface area contributed by atoms with Crippen LogP contribution in [0.25, 0.3) is 0 Å². The van der Waals surface area contributed by atoms with Crippen molar-refractivity contribution in [1.29, 1.82) is 0 Å². The van der Waals surface area contributed by atoms with Crippen LogP contribution >= 0.6 is 23.2 Å². The van der Waals surface area contributed by atoms with Crippen LogP contribution in [0, 0.1) is 0 Å². The van der Waals surface area contributed by atoms with Crippen LogP contribution in [0.5, 0.6) is 0 Å². The average molecular weight is 384 g/mol. The highest BCUT2D eigenvalue weighted by Gasteiger charge is 2.16. The molecule has 4 heteroatoms. The minimum Gasteiger partial charge on any atom is -0.345 e. The Hall–Kier alpha value is -2.29. The zero-order valence-electron chi connectivity index (χ0n) is 14.2. The van der Waals surface area contributed by atoms with E-state index in [9.17, 15) is 4.79 Å². The molecule has 0 heterocycles. The number of benzene rings is 3. The summed E-state index contributed by atoms with van der Waals surface area (Å²) in [5.41, 5.74) is 3.11. The molecule has 0 aliphatic carbocycles. The lowest BCUT2D eigenvalue weighted by Gasteiger charge is -2.20. The lowest BCUT2D eigenvalue weighted by atomic mass is 9.98. The molecule has 0 unspecified atom stereocenters. The molecular formula is C22H19Cl2NO. The molecule has 0 fully saturated rings. The fourth-order valence-corrected chi connectivity index (χ4v) is 3.16. The highest BCUT2D eigenvalue weighted by molar-refractivity contribution is 6.42. The van der Waals surface area contributed by atoms with E-state index >= 15 is 0 Å². The average Bonchev–Trinajstić information content (AvgIpc) is 2.68. The van der Waals surface area contributed by atoms with Gasteiger partial charge in [0.15, 0.2) is 0 Å². The van der Waals surface area contributed by atoms with Crippen molar-refractivity contribution in [3.63, 3.8) is 0 Å². The highest BCUT2D eigenvalue weighted by atomic mass is 35.5. The van der Waals surface area contributed by atoms with Gasteiger partial charge in [0.25, 0.3) is 0 Å². The van der Waals surface area contributed by atoms with Gasteiger partial charge in [-0.3, -0.25) is 4.79 Å². The Balaban J connectivity index is 1.70. The van der Waals surface area contributed by atoms with Crippen molar-refractivity contribution in [1.82, 2.24) is 5.32 Å². The SMILES string of the molecule is O=C(CCc1ccc(Cl)c(Cl)c1)NC(c1ccccc1)c1ccccc1. The Morgan fingerprint density at radius 3 is 1.92 bits per heavy atom. The van der Waals surface area contributed by atoms with Gasteiger partial charge in [0.05, 0.1) is 16.1 Å². The summed E-state index contributed by atoms with van der Waals surface area (Å²) in [4.78, 5) is 12.6. The maximum atomic E-state index is 12.6. The van der Waals surface area contributed by atoms with Gasteiger partial charge in [0.1, 0.15) is 0 Å². The second kappa shape index (κ2) is 8.88. The quantitative estimate of drug-likeness (QED) is 0.569. The van der Waals surface area contributed by atoms with E-state index in [-0.39, 0.29) is 11.9 Å². The Morgan fingerprint density at radius 1 is 0.808 bits per heavy atom. The molecule has 1 N–H and O–H groups in total. The highest BCUT2D eigenvalue weighted by Crippen LogP contribution is 2.24. The second-order valence-electron chi connectivity index (χ2n) is 6.07. The number of carbonyl (C=O) groups excluding carboxylic acids is 1. The van der Waals surface area contributed by atoms with Crippen molar-refractivity contribution in [3.05, 3.63) is 106 Å². The summed E-state index contributed by atoms with van der Waals surface area (Å²) in [6.45, 7) is 0. The van der Waals surface area contributed by atoms with Crippen LogP contribution in [0.15, 0.2) is 78.9 Å². The summed E-state index contributed by atoms with van der Waals surface area (Å²) in [5, 5.41) is 4.18. The summed E-state index contributed by atoms with van der Waals surface area (Å²) in [6, 6.07) is 25.3. The molecule has 0 aliphatic rings. The van der Waals surface area contributed by atoms with Crippen molar-refractivity contribution in [2.24, 2.45) is 0 Å². The largest absolute Gasteiger partial charge is 0.345 e. The fraction of sp³-hybridized carbons (Fsp3) is 0.136. The van der Waals surface area contributed by atoms with E-state index in [1.54, 1.807) is 6.07 Å².